The monoisotopic (exact) mass is 323 g/mol. The standard InChI is InChI=1S/C18H17N3O3/c1-21-15-8-4-3-6-12(15)10-13(18(21)23)11-20-16(22)14-7-5-9-19-17(14)24-2/h3-10H,11H2,1-2H3,(H,20,22). The number of amides is 1. The fourth-order valence-corrected chi connectivity index (χ4v) is 2.61. The van der Waals surface area contributed by atoms with Crippen molar-refractivity contribution in [3.63, 3.8) is 0 Å². The minimum atomic E-state index is -0.338. The summed E-state index contributed by atoms with van der Waals surface area (Å²) in [5, 5.41) is 3.70. The van der Waals surface area contributed by atoms with Crippen LogP contribution in [-0.4, -0.2) is 22.6 Å². The predicted octanol–water partition coefficient (Wildman–Crippen LogP) is 1.87. The molecule has 0 aliphatic rings. The number of methoxy groups -OCH3 is 1. The van der Waals surface area contributed by atoms with E-state index in [-0.39, 0.29) is 23.9 Å². The molecule has 0 aliphatic carbocycles. The number of carbonyl (C=O) groups excluding carboxylic acids is 1. The molecule has 0 radical (unpaired) electrons. The van der Waals surface area contributed by atoms with E-state index in [1.807, 2.05) is 24.3 Å². The Hall–Kier alpha value is -3.15. The van der Waals surface area contributed by atoms with E-state index in [0.29, 0.717) is 11.1 Å². The maximum atomic E-state index is 12.4. The Kier molecular flexibility index (Phi) is 4.29. The lowest BCUT2D eigenvalue weighted by Crippen LogP contribution is -2.29. The number of fused-ring (bicyclic) bond motifs is 1. The van der Waals surface area contributed by atoms with Crippen molar-refractivity contribution in [3.8, 4) is 5.88 Å². The topological polar surface area (TPSA) is 73.2 Å². The minimum Gasteiger partial charge on any atom is -0.480 e. The van der Waals surface area contributed by atoms with Gasteiger partial charge in [-0.2, -0.15) is 0 Å². The van der Waals surface area contributed by atoms with E-state index in [9.17, 15) is 9.59 Å². The van der Waals surface area contributed by atoms with Gasteiger partial charge in [-0.1, -0.05) is 18.2 Å². The van der Waals surface area contributed by atoms with Gasteiger partial charge in [0.25, 0.3) is 11.5 Å². The smallest absolute Gasteiger partial charge is 0.257 e. The first kappa shape index (κ1) is 15.7. The van der Waals surface area contributed by atoms with Crippen LogP contribution in [0, 0.1) is 0 Å². The molecule has 3 rings (SSSR count). The van der Waals surface area contributed by atoms with E-state index in [1.165, 1.54) is 7.11 Å². The zero-order chi connectivity index (χ0) is 17.1. The van der Waals surface area contributed by atoms with Crippen molar-refractivity contribution in [3.05, 3.63) is 70.1 Å². The van der Waals surface area contributed by atoms with Gasteiger partial charge in [0.2, 0.25) is 5.88 Å². The summed E-state index contributed by atoms with van der Waals surface area (Å²) in [6.07, 6.45) is 1.55. The van der Waals surface area contributed by atoms with Crippen LogP contribution in [0.3, 0.4) is 0 Å². The van der Waals surface area contributed by atoms with E-state index in [0.717, 1.165) is 10.9 Å². The van der Waals surface area contributed by atoms with Gasteiger partial charge in [0.1, 0.15) is 5.56 Å². The second kappa shape index (κ2) is 6.54. The number of pyridine rings is 2. The molecule has 1 aromatic carbocycles. The van der Waals surface area contributed by atoms with Crippen molar-refractivity contribution < 1.29 is 9.53 Å². The summed E-state index contributed by atoms with van der Waals surface area (Å²) in [6.45, 7) is 0.133. The minimum absolute atomic E-state index is 0.132. The predicted molar refractivity (Wildman–Crippen MR) is 91.1 cm³/mol. The van der Waals surface area contributed by atoms with Crippen molar-refractivity contribution in [1.29, 1.82) is 0 Å². The van der Waals surface area contributed by atoms with Crippen LogP contribution in [0.5, 0.6) is 5.88 Å². The number of nitrogens with one attached hydrogen (secondary N) is 1. The number of rotatable bonds is 4. The van der Waals surface area contributed by atoms with Crippen molar-refractivity contribution in [2.75, 3.05) is 7.11 Å². The number of benzene rings is 1. The highest BCUT2D eigenvalue weighted by molar-refractivity contribution is 5.96. The molecule has 24 heavy (non-hydrogen) atoms. The molecule has 0 atom stereocenters. The Bertz CT molecular complexity index is 963. The molecular weight excluding hydrogens is 306 g/mol. The van der Waals surface area contributed by atoms with Crippen LogP contribution in [0.25, 0.3) is 10.9 Å². The molecule has 122 valence electrons. The highest BCUT2D eigenvalue weighted by Crippen LogP contribution is 2.14. The van der Waals surface area contributed by atoms with Crippen molar-refractivity contribution >= 4 is 16.8 Å². The highest BCUT2D eigenvalue weighted by Gasteiger charge is 2.14. The first-order chi connectivity index (χ1) is 11.6. The largest absolute Gasteiger partial charge is 0.480 e. The molecule has 2 aromatic heterocycles. The number of aromatic nitrogens is 2. The maximum Gasteiger partial charge on any atom is 0.257 e. The van der Waals surface area contributed by atoms with Gasteiger partial charge in [0, 0.05) is 25.4 Å². The Morgan fingerprint density at radius 2 is 2.04 bits per heavy atom. The first-order valence-electron chi connectivity index (χ1n) is 7.46. The SMILES string of the molecule is COc1ncccc1C(=O)NCc1cc2ccccc2n(C)c1=O. The van der Waals surface area contributed by atoms with E-state index >= 15 is 0 Å². The van der Waals surface area contributed by atoms with Crippen LogP contribution in [0.4, 0.5) is 0 Å². The van der Waals surface area contributed by atoms with Crippen LogP contribution in [0.15, 0.2) is 53.5 Å². The summed E-state index contributed by atoms with van der Waals surface area (Å²) in [6, 6.07) is 12.7. The van der Waals surface area contributed by atoms with Crippen LogP contribution >= 0.6 is 0 Å². The van der Waals surface area contributed by atoms with E-state index in [2.05, 4.69) is 10.3 Å². The number of hydrogen-bond donors (Lipinski definition) is 1. The van der Waals surface area contributed by atoms with Gasteiger partial charge < -0.3 is 14.6 Å². The molecular formula is C18H17N3O3. The zero-order valence-electron chi connectivity index (χ0n) is 13.4. The summed E-state index contributed by atoms with van der Waals surface area (Å²) < 4.78 is 6.67. The Morgan fingerprint density at radius 1 is 1.25 bits per heavy atom. The molecule has 3 aromatic rings. The van der Waals surface area contributed by atoms with E-state index in [1.54, 1.807) is 36.0 Å². The molecule has 0 spiro atoms. The van der Waals surface area contributed by atoms with Gasteiger partial charge in [0.15, 0.2) is 0 Å². The highest BCUT2D eigenvalue weighted by atomic mass is 16.5. The van der Waals surface area contributed by atoms with Crippen molar-refractivity contribution in [2.45, 2.75) is 6.54 Å². The summed E-state index contributed by atoms with van der Waals surface area (Å²) in [5.41, 5.74) is 1.57. The molecule has 1 N–H and O–H groups in total. The Labute approximate surface area is 138 Å². The van der Waals surface area contributed by atoms with Gasteiger partial charge in [-0.05, 0) is 29.7 Å². The second-order valence-corrected chi connectivity index (χ2v) is 5.34. The van der Waals surface area contributed by atoms with Crippen LogP contribution in [-0.2, 0) is 13.6 Å². The summed E-state index contributed by atoms with van der Waals surface area (Å²) >= 11 is 0. The maximum absolute atomic E-state index is 12.4. The Balaban J connectivity index is 1.87. The molecule has 0 saturated carbocycles. The molecule has 0 fully saturated rings. The molecule has 0 aliphatic heterocycles. The number of carbonyl (C=O) groups is 1. The lowest BCUT2D eigenvalue weighted by atomic mass is 10.1. The van der Waals surface area contributed by atoms with Gasteiger partial charge in [-0.25, -0.2) is 4.98 Å². The number of ether oxygens (including phenoxy) is 1. The molecule has 0 bridgehead atoms. The number of nitrogens with zero attached hydrogens (tertiary/aromatic N) is 2. The fourth-order valence-electron chi connectivity index (χ4n) is 2.61. The molecule has 0 unspecified atom stereocenters. The first-order valence-corrected chi connectivity index (χ1v) is 7.46. The molecule has 0 saturated heterocycles. The number of hydrogen-bond acceptors (Lipinski definition) is 4. The third kappa shape index (κ3) is 2.86. The van der Waals surface area contributed by atoms with Gasteiger partial charge in [0.05, 0.1) is 12.6 Å². The number of aryl methyl sites for hydroxylation is 1. The van der Waals surface area contributed by atoms with E-state index < -0.39 is 0 Å². The van der Waals surface area contributed by atoms with Gasteiger partial charge in [-0.15, -0.1) is 0 Å². The normalized spacial score (nSPS) is 10.6. The van der Waals surface area contributed by atoms with Crippen molar-refractivity contribution in [2.24, 2.45) is 7.05 Å². The van der Waals surface area contributed by atoms with Crippen molar-refractivity contribution in [1.82, 2.24) is 14.9 Å². The third-order valence-corrected chi connectivity index (χ3v) is 3.86. The fraction of sp³-hybridized carbons (Fsp3) is 0.167. The second-order valence-electron chi connectivity index (χ2n) is 5.34. The molecule has 6 heteroatoms. The molecule has 1 amide bonds. The zero-order valence-corrected chi connectivity index (χ0v) is 13.4. The lowest BCUT2D eigenvalue weighted by Gasteiger charge is -2.10. The van der Waals surface area contributed by atoms with E-state index in [4.69, 9.17) is 4.74 Å². The third-order valence-electron chi connectivity index (χ3n) is 3.86. The summed E-state index contributed by atoms with van der Waals surface area (Å²) in [7, 11) is 3.18. The Morgan fingerprint density at radius 3 is 2.83 bits per heavy atom. The number of para-hydroxylation sites is 1. The van der Waals surface area contributed by atoms with Gasteiger partial charge >= 0.3 is 0 Å². The van der Waals surface area contributed by atoms with Crippen LogP contribution in [0.2, 0.25) is 0 Å². The van der Waals surface area contributed by atoms with Crippen LogP contribution in [0.1, 0.15) is 15.9 Å². The molecule has 2 heterocycles. The summed E-state index contributed by atoms with van der Waals surface area (Å²) in [4.78, 5) is 28.7. The van der Waals surface area contributed by atoms with Gasteiger partial charge in [-0.3, -0.25) is 9.59 Å². The quantitative estimate of drug-likeness (QED) is 0.795. The summed E-state index contributed by atoms with van der Waals surface area (Å²) in [5.74, 6) is -0.0865. The average Bonchev–Trinajstić information content (AvgIpc) is 2.63. The molecule has 6 nitrogen and oxygen atoms in total. The lowest BCUT2D eigenvalue weighted by molar-refractivity contribution is 0.0947. The average molecular weight is 323 g/mol. The van der Waals surface area contributed by atoms with Crippen LogP contribution < -0.4 is 15.6 Å².